The number of carboxylic acid groups (broad SMARTS) is 1. The lowest BCUT2D eigenvalue weighted by molar-refractivity contribution is 0.0696. The summed E-state index contributed by atoms with van der Waals surface area (Å²) in [5.74, 6) is -0.692. The predicted octanol–water partition coefficient (Wildman–Crippen LogP) is 3.20. The van der Waals surface area contributed by atoms with E-state index >= 15 is 0 Å². The van der Waals surface area contributed by atoms with Crippen LogP contribution < -0.4 is 10.5 Å². The largest absolute Gasteiger partial charge is 0.487 e. The number of carboxylic acids is 1. The van der Waals surface area contributed by atoms with Gasteiger partial charge in [-0.2, -0.15) is 0 Å². The second kappa shape index (κ2) is 5.63. The number of benzene rings is 2. The van der Waals surface area contributed by atoms with E-state index in [0.29, 0.717) is 16.5 Å². The summed E-state index contributed by atoms with van der Waals surface area (Å²) in [7, 11) is 0. The third-order valence-corrected chi connectivity index (χ3v) is 2.97. The molecule has 4 nitrogen and oxygen atoms in total. The Kier molecular flexibility index (Phi) is 3.92. The van der Waals surface area contributed by atoms with E-state index in [1.807, 2.05) is 18.2 Å². The van der Waals surface area contributed by atoms with Crippen LogP contribution in [0.3, 0.4) is 0 Å². The topological polar surface area (TPSA) is 72.6 Å². The van der Waals surface area contributed by atoms with E-state index in [1.165, 1.54) is 18.2 Å². The van der Waals surface area contributed by atoms with Gasteiger partial charge in [-0.3, -0.25) is 0 Å². The number of halogens is 1. The van der Waals surface area contributed by atoms with Crippen molar-refractivity contribution in [3.63, 3.8) is 0 Å². The van der Waals surface area contributed by atoms with Crippen LogP contribution in [0, 0.1) is 0 Å². The molecule has 2 aromatic rings. The van der Waals surface area contributed by atoms with Crippen LogP contribution in [0.25, 0.3) is 0 Å². The molecular weight excluding hydrogens is 266 g/mol. The first-order chi connectivity index (χ1) is 9.08. The smallest absolute Gasteiger partial charge is 0.335 e. The van der Waals surface area contributed by atoms with E-state index in [-0.39, 0.29) is 12.2 Å². The van der Waals surface area contributed by atoms with Crippen LogP contribution in [0.1, 0.15) is 15.9 Å². The monoisotopic (exact) mass is 277 g/mol. The number of carbonyl (C=O) groups is 1. The van der Waals surface area contributed by atoms with E-state index < -0.39 is 5.97 Å². The molecule has 0 aliphatic heterocycles. The molecule has 0 aromatic heterocycles. The van der Waals surface area contributed by atoms with Gasteiger partial charge in [-0.1, -0.05) is 29.8 Å². The number of rotatable bonds is 4. The van der Waals surface area contributed by atoms with Crippen LogP contribution in [0.2, 0.25) is 5.02 Å². The Morgan fingerprint density at radius 2 is 2.00 bits per heavy atom. The molecule has 0 atom stereocenters. The number of aromatic carboxylic acids is 1. The van der Waals surface area contributed by atoms with Gasteiger partial charge in [0, 0.05) is 10.6 Å². The van der Waals surface area contributed by atoms with Gasteiger partial charge in [0.15, 0.2) is 0 Å². The highest BCUT2D eigenvalue weighted by Crippen LogP contribution is 2.25. The van der Waals surface area contributed by atoms with Crippen molar-refractivity contribution >= 4 is 23.3 Å². The molecule has 0 unspecified atom stereocenters. The Bertz CT molecular complexity index is 613. The minimum absolute atomic E-state index is 0.128. The van der Waals surface area contributed by atoms with Gasteiger partial charge in [-0.05, 0) is 24.3 Å². The van der Waals surface area contributed by atoms with Crippen molar-refractivity contribution in [1.82, 2.24) is 0 Å². The van der Waals surface area contributed by atoms with Crippen LogP contribution in [0.15, 0.2) is 42.5 Å². The summed E-state index contributed by atoms with van der Waals surface area (Å²) >= 11 is 6.01. The van der Waals surface area contributed by atoms with Crippen LogP contribution in [-0.4, -0.2) is 11.1 Å². The molecule has 2 rings (SSSR count). The summed E-state index contributed by atoms with van der Waals surface area (Å²) in [4.78, 5) is 10.9. The number of nitrogen functional groups attached to an aromatic ring is 1. The second-order valence-electron chi connectivity index (χ2n) is 3.94. The average molecular weight is 278 g/mol. The molecule has 0 aliphatic rings. The molecule has 3 N–H and O–H groups in total. The molecule has 5 heteroatoms. The number of anilines is 1. The lowest BCUT2D eigenvalue weighted by atomic mass is 10.2. The molecule has 2 aromatic carbocycles. The minimum Gasteiger partial charge on any atom is -0.487 e. The molecule has 19 heavy (non-hydrogen) atoms. The minimum atomic E-state index is -1.03. The van der Waals surface area contributed by atoms with Gasteiger partial charge < -0.3 is 15.6 Å². The highest BCUT2D eigenvalue weighted by molar-refractivity contribution is 6.31. The molecular formula is C14H12ClNO3. The van der Waals surface area contributed by atoms with Crippen molar-refractivity contribution in [3.05, 3.63) is 58.6 Å². The van der Waals surface area contributed by atoms with Crippen molar-refractivity contribution < 1.29 is 14.6 Å². The summed E-state index contributed by atoms with van der Waals surface area (Å²) in [5, 5.41) is 9.51. The average Bonchev–Trinajstić information content (AvgIpc) is 2.39. The maximum atomic E-state index is 10.9. The van der Waals surface area contributed by atoms with Gasteiger partial charge in [0.2, 0.25) is 0 Å². The molecule has 0 heterocycles. The van der Waals surface area contributed by atoms with Gasteiger partial charge in [0.05, 0.1) is 11.3 Å². The molecule has 0 saturated carbocycles. The summed E-state index contributed by atoms with van der Waals surface area (Å²) < 4.78 is 5.52. The molecule has 0 radical (unpaired) electrons. The molecule has 0 aliphatic carbocycles. The quantitative estimate of drug-likeness (QED) is 0.842. The van der Waals surface area contributed by atoms with Crippen molar-refractivity contribution in [2.75, 3.05) is 5.73 Å². The highest BCUT2D eigenvalue weighted by atomic mass is 35.5. The lowest BCUT2D eigenvalue weighted by Gasteiger charge is -2.10. The van der Waals surface area contributed by atoms with Gasteiger partial charge in [-0.15, -0.1) is 0 Å². The molecule has 0 saturated heterocycles. The fraction of sp³-hybridized carbons (Fsp3) is 0.0714. The molecule has 0 bridgehead atoms. The fourth-order valence-corrected chi connectivity index (χ4v) is 1.75. The Morgan fingerprint density at radius 3 is 2.68 bits per heavy atom. The first-order valence-corrected chi connectivity index (χ1v) is 5.95. The predicted molar refractivity (Wildman–Crippen MR) is 73.6 cm³/mol. The van der Waals surface area contributed by atoms with Crippen LogP contribution >= 0.6 is 11.6 Å². The summed E-state index contributed by atoms with van der Waals surface area (Å²) in [6, 6.07) is 11.6. The number of hydrogen-bond acceptors (Lipinski definition) is 3. The molecule has 0 fully saturated rings. The Hall–Kier alpha value is -2.20. The SMILES string of the molecule is Nc1ccc(C(=O)O)cc1OCc1ccccc1Cl. The van der Waals surface area contributed by atoms with E-state index in [4.69, 9.17) is 27.2 Å². The van der Waals surface area contributed by atoms with Crippen molar-refractivity contribution in [1.29, 1.82) is 0 Å². The van der Waals surface area contributed by atoms with E-state index in [1.54, 1.807) is 6.07 Å². The van der Waals surface area contributed by atoms with E-state index in [9.17, 15) is 4.79 Å². The van der Waals surface area contributed by atoms with Gasteiger partial charge in [-0.25, -0.2) is 4.79 Å². The standard InChI is InChI=1S/C14H12ClNO3/c15-11-4-2-1-3-10(11)8-19-13-7-9(14(17)18)5-6-12(13)16/h1-7H,8,16H2,(H,17,18). The van der Waals surface area contributed by atoms with Crippen molar-refractivity contribution in [2.24, 2.45) is 0 Å². The zero-order valence-electron chi connectivity index (χ0n) is 9.97. The van der Waals surface area contributed by atoms with Crippen LogP contribution in [-0.2, 0) is 6.61 Å². The maximum Gasteiger partial charge on any atom is 0.335 e. The summed E-state index contributed by atoms with van der Waals surface area (Å²) in [5.41, 5.74) is 7.06. The van der Waals surface area contributed by atoms with Crippen LogP contribution in [0.4, 0.5) is 5.69 Å². The Morgan fingerprint density at radius 1 is 1.26 bits per heavy atom. The van der Waals surface area contributed by atoms with E-state index in [2.05, 4.69) is 0 Å². The second-order valence-corrected chi connectivity index (χ2v) is 4.35. The number of ether oxygens (including phenoxy) is 1. The van der Waals surface area contributed by atoms with Gasteiger partial charge in [0.25, 0.3) is 0 Å². The highest BCUT2D eigenvalue weighted by Gasteiger charge is 2.08. The normalized spacial score (nSPS) is 10.2. The third-order valence-electron chi connectivity index (χ3n) is 2.60. The first kappa shape index (κ1) is 13.2. The number of nitrogens with two attached hydrogens (primary N) is 1. The molecule has 98 valence electrons. The first-order valence-electron chi connectivity index (χ1n) is 5.57. The van der Waals surface area contributed by atoms with Crippen LogP contribution in [0.5, 0.6) is 5.75 Å². The number of hydrogen-bond donors (Lipinski definition) is 2. The zero-order chi connectivity index (χ0) is 13.8. The Balaban J connectivity index is 2.17. The van der Waals surface area contributed by atoms with Crippen molar-refractivity contribution in [2.45, 2.75) is 6.61 Å². The lowest BCUT2D eigenvalue weighted by Crippen LogP contribution is -2.02. The van der Waals surface area contributed by atoms with Gasteiger partial charge >= 0.3 is 5.97 Å². The summed E-state index contributed by atoms with van der Waals surface area (Å²) in [6.07, 6.45) is 0. The molecule has 0 amide bonds. The Labute approximate surface area is 115 Å². The molecule has 0 spiro atoms. The van der Waals surface area contributed by atoms with E-state index in [0.717, 1.165) is 5.56 Å². The van der Waals surface area contributed by atoms with Crippen molar-refractivity contribution in [3.8, 4) is 5.75 Å². The maximum absolute atomic E-state index is 10.9. The zero-order valence-corrected chi connectivity index (χ0v) is 10.7. The fourth-order valence-electron chi connectivity index (χ4n) is 1.56. The summed E-state index contributed by atoms with van der Waals surface area (Å²) in [6.45, 7) is 0.229. The third kappa shape index (κ3) is 3.17. The van der Waals surface area contributed by atoms with Gasteiger partial charge in [0.1, 0.15) is 12.4 Å².